The summed E-state index contributed by atoms with van der Waals surface area (Å²) in [6.45, 7) is 4.82. The quantitative estimate of drug-likeness (QED) is 0.841. The van der Waals surface area contributed by atoms with Gasteiger partial charge >= 0.3 is 5.97 Å². The van der Waals surface area contributed by atoms with Crippen LogP contribution in [0.4, 0.5) is 0 Å². The van der Waals surface area contributed by atoms with E-state index in [1.165, 1.54) is 7.11 Å². The molecule has 1 N–H and O–H groups in total. The molecule has 0 spiro atoms. The van der Waals surface area contributed by atoms with Crippen molar-refractivity contribution in [3.63, 3.8) is 0 Å². The van der Waals surface area contributed by atoms with Gasteiger partial charge in [0.1, 0.15) is 11.8 Å². The van der Waals surface area contributed by atoms with Gasteiger partial charge in [0.05, 0.1) is 13.7 Å². The minimum atomic E-state index is -0.277. The van der Waals surface area contributed by atoms with E-state index in [2.05, 4.69) is 25.2 Å². The van der Waals surface area contributed by atoms with Crippen LogP contribution in [-0.2, 0) is 9.53 Å². The number of methoxy groups -OCH3 is 1. The Kier molecular flexibility index (Phi) is 5.01. The molecule has 1 aliphatic heterocycles. The Bertz CT molecular complexity index is 461. The second kappa shape index (κ2) is 6.75. The predicted molar refractivity (Wildman–Crippen MR) is 77.7 cm³/mol. The van der Waals surface area contributed by atoms with Crippen LogP contribution in [0.3, 0.4) is 0 Å². The second-order valence-electron chi connectivity index (χ2n) is 5.28. The van der Waals surface area contributed by atoms with E-state index >= 15 is 0 Å². The highest BCUT2D eigenvalue weighted by atomic mass is 16.5. The fourth-order valence-electron chi connectivity index (χ4n) is 2.56. The Balaban J connectivity index is 2.17. The van der Waals surface area contributed by atoms with Gasteiger partial charge in [-0.3, -0.25) is 10.1 Å². The number of nitrogens with one attached hydrogen (secondary N) is 1. The Hall–Kier alpha value is -1.55. The normalized spacial score (nSPS) is 20.4. The van der Waals surface area contributed by atoms with Gasteiger partial charge in [0.15, 0.2) is 0 Å². The fourth-order valence-corrected chi connectivity index (χ4v) is 2.56. The topological polar surface area (TPSA) is 47.6 Å². The van der Waals surface area contributed by atoms with E-state index in [1.807, 2.05) is 18.2 Å². The van der Waals surface area contributed by atoms with Crippen molar-refractivity contribution in [2.24, 2.45) is 5.92 Å². The van der Waals surface area contributed by atoms with Gasteiger partial charge in [-0.2, -0.15) is 0 Å². The highest BCUT2D eigenvalue weighted by Crippen LogP contribution is 2.32. The molecule has 0 aliphatic carbocycles. The zero-order chi connectivity index (χ0) is 14.5. The minimum absolute atomic E-state index is 0.137. The summed E-state index contributed by atoms with van der Waals surface area (Å²) in [5, 5.41) is 3.46. The number of para-hydroxylation sites is 1. The maximum Gasteiger partial charge on any atom is 0.323 e. The van der Waals surface area contributed by atoms with Gasteiger partial charge in [-0.15, -0.1) is 0 Å². The van der Waals surface area contributed by atoms with Gasteiger partial charge < -0.3 is 9.47 Å². The maximum absolute atomic E-state index is 12.0. The van der Waals surface area contributed by atoms with Crippen molar-refractivity contribution < 1.29 is 14.3 Å². The lowest BCUT2D eigenvalue weighted by atomic mass is 9.94. The smallest absolute Gasteiger partial charge is 0.323 e. The molecule has 0 fully saturated rings. The van der Waals surface area contributed by atoms with Crippen LogP contribution < -0.4 is 10.1 Å². The molecule has 0 radical (unpaired) electrons. The first kappa shape index (κ1) is 14.9. The lowest BCUT2D eigenvalue weighted by molar-refractivity contribution is -0.144. The first-order chi connectivity index (χ1) is 9.67. The Morgan fingerprint density at radius 1 is 1.50 bits per heavy atom. The zero-order valence-corrected chi connectivity index (χ0v) is 12.4. The lowest BCUT2D eigenvalue weighted by Crippen LogP contribution is -2.45. The highest BCUT2D eigenvalue weighted by Gasteiger charge is 2.30. The van der Waals surface area contributed by atoms with E-state index in [1.54, 1.807) is 0 Å². The zero-order valence-electron chi connectivity index (χ0n) is 12.4. The van der Waals surface area contributed by atoms with E-state index in [0.29, 0.717) is 6.61 Å². The largest absolute Gasteiger partial charge is 0.493 e. The average Bonchev–Trinajstić information content (AvgIpc) is 2.51. The number of fused-ring (bicyclic) bond motifs is 1. The molecule has 3 atom stereocenters. The first-order valence-corrected chi connectivity index (χ1v) is 7.23. The Morgan fingerprint density at radius 2 is 2.25 bits per heavy atom. The van der Waals surface area contributed by atoms with Crippen molar-refractivity contribution in [1.29, 1.82) is 0 Å². The summed E-state index contributed by atoms with van der Waals surface area (Å²) < 4.78 is 10.6. The third-order valence-corrected chi connectivity index (χ3v) is 4.01. The highest BCUT2D eigenvalue weighted by molar-refractivity contribution is 5.76. The van der Waals surface area contributed by atoms with Crippen LogP contribution in [0, 0.1) is 5.92 Å². The van der Waals surface area contributed by atoms with Crippen LogP contribution >= 0.6 is 0 Å². The number of carbonyl (C=O) groups excluding carboxylic acids is 1. The van der Waals surface area contributed by atoms with E-state index in [4.69, 9.17) is 9.47 Å². The molecule has 110 valence electrons. The fraction of sp³-hybridized carbons (Fsp3) is 0.562. The van der Waals surface area contributed by atoms with Crippen molar-refractivity contribution >= 4 is 5.97 Å². The summed E-state index contributed by atoms with van der Waals surface area (Å²) in [6.07, 6.45) is 1.79. The number of carbonyl (C=O) groups is 1. The van der Waals surface area contributed by atoms with Crippen molar-refractivity contribution in [2.45, 2.75) is 38.8 Å². The average molecular weight is 277 g/mol. The molecule has 0 bridgehead atoms. The van der Waals surface area contributed by atoms with Crippen LogP contribution in [0.1, 0.15) is 38.3 Å². The summed E-state index contributed by atoms with van der Waals surface area (Å²) in [7, 11) is 1.44. The van der Waals surface area contributed by atoms with Crippen LogP contribution in [0.2, 0.25) is 0 Å². The molecule has 1 aromatic carbocycles. The number of rotatable bonds is 5. The van der Waals surface area contributed by atoms with E-state index < -0.39 is 0 Å². The monoisotopic (exact) mass is 277 g/mol. The minimum Gasteiger partial charge on any atom is -0.493 e. The molecule has 3 unspecified atom stereocenters. The number of ether oxygens (including phenoxy) is 2. The van der Waals surface area contributed by atoms with Crippen LogP contribution in [0.5, 0.6) is 5.75 Å². The lowest BCUT2D eigenvalue weighted by Gasteiger charge is -2.31. The summed E-state index contributed by atoms with van der Waals surface area (Å²) in [6, 6.07) is 7.85. The number of benzene rings is 1. The standard InChI is InChI=1S/C16H23NO3/c1-4-11(2)15(16(18)19-3)17-13-9-10-20-14-8-6-5-7-12(13)14/h5-8,11,13,15,17H,4,9-10H2,1-3H3. The molecule has 2 rings (SSSR count). The Labute approximate surface area is 120 Å². The molecular formula is C16H23NO3. The van der Waals surface area contributed by atoms with E-state index in [9.17, 15) is 4.79 Å². The number of hydrogen-bond acceptors (Lipinski definition) is 4. The third kappa shape index (κ3) is 3.12. The van der Waals surface area contributed by atoms with Crippen LogP contribution in [-0.4, -0.2) is 25.7 Å². The van der Waals surface area contributed by atoms with Gasteiger partial charge in [0.25, 0.3) is 0 Å². The summed E-state index contributed by atoms with van der Waals surface area (Å²) >= 11 is 0. The van der Waals surface area contributed by atoms with E-state index in [0.717, 1.165) is 24.2 Å². The van der Waals surface area contributed by atoms with Crippen molar-refractivity contribution in [1.82, 2.24) is 5.32 Å². The SMILES string of the molecule is CCC(C)C(NC1CCOc2ccccc21)C(=O)OC. The molecule has 0 saturated heterocycles. The number of esters is 1. The molecule has 0 saturated carbocycles. The molecule has 1 aliphatic rings. The molecule has 20 heavy (non-hydrogen) atoms. The summed E-state index contributed by atoms with van der Waals surface area (Å²) in [5.41, 5.74) is 1.12. The van der Waals surface area contributed by atoms with Gasteiger partial charge in [-0.25, -0.2) is 0 Å². The molecule has 4 heteroatoms. The van der Waals surface area contributed by atoms with Crippen molar-refractivity contribution in [2.75, 3.05) is 13.7 Å². The predicted octanol–water partition coefficient (Wildman–Crippen LogP) is 2.69. The summed E-state index contributed by atoms with van der Waals surface area (Å²) in [5.74, 6) is 0.949. The molecular weight excluding hydrogens is 254 g/mol. The second-order valence-corrected chi connectivity index (χ2v) is 5.28. The molecule has 0 aromatic heterocycles. The van der Waals surface area contributed by atoms with Gasteiger partial charge in [0.2, 0.25) is 0 Å². The maximum atomic E-state index is 12.0. The van der Waals surface area contributed by atoms with Gasteiger partial charge in [-0.05, 0) is 12.0 Å². The molecule has 1 heterocycles. The van der Waals surface area contributed by atoms with Crippen LogP contribution in [0.15, 0.2) is 24.3 Å². The van der Waals surface area contributed by atoms with Gasteiger partial charge in [0, 0.05) is 18.0 Å². The van der Waals surface area contributed by atoms with E-state index in [-0.39, 0.29) is 24.0 Å². The van der Waals surface area contributed by atoms with Crippen molar-refractivity contribution in [3.05, 3.63) is 29.8 Å². The van der Waals surface area contributed by atoms with Crippen molar-refractivity contribution in [3.8, 4) is 5.75 Å². The van der Waals surface area contributed by atoms with Crippen LogP contribution in [0.25, 0.3) is 0 Å². The molecule has 4 nitrogen and oxygen atoms in total. The number of hydrogen-bond donors (Lipinski definition) is 1. The third-order valence-electron chi connectivity index (χ3n) is 4.01. The first-order valence-electron chi connectivity index (χ1n) is 7.23. The summed E-state index contributed by atoms with van der Waals surface area (Å²) in [4.78, 5) is 12.0. The molecule has 0 amide bonds. The Morgan fingerprint density at radius 3 is 2.95 bits per heavy atom. The molecule has 1 aromatic rings. The van der Waals surface area contributed by atoms with Gasteiger partial charge in [-0.1, -0.05) is 38.5 Å².